The van der Waals surface area contributed by atoms with Gasteiger partial charge in [0.1, 0.15) is 0 Å². The fourth-order valence-electron chi connectivity index (χ4n) is 3.75. The average Bonchev–Trinajstić information content (AvgIpc) is 3.20. The van der Waals surface area contributed by atoms with Crippen molar-refractivity contribution < 1.29 is 18.0 Å². The number of imidazole rings is 1. The zero-order valence-electron chi connectivity index (χ0n) is 19.5. The van der Waals surface area contributed by atoms with E-state index in [0.717, 1.165) is 23.0 Å². The summed E-state index contributed by atoms with van der Waals surface area (Å²) in [5.74, 6) is -0.0222. The summed E-state index contributed by atoms with van der Waals surface area (Å²) in [7, 11) is 1.74. The molecule has 0 saturated carbocycles. The van der Waals surface area contributed by atoms with Crippen LogP contribution in [-0.2, 0) is 11.0 Å². The van der Waals surface area contributed by atoms with Gasteiger partial charge in [-0.1, -0.05) is 32.9 Å². The van der Waals surface area contributed by atoms with Crippen molar-refractivity contribution >= 4 is 17.2 Å². The van der Waals surface area contributed by atoms with Gasteiger partial charge in [0, 0.05) is 35.5 Å². The maximum atomic E-state index is 13.4. The number of fused-ring (bicyclic) bond motifs is 1. The van der Waals surface area contributed by atoms with Crippen LogP contribution >= 0.6 is 0 Å². The van der Waals surface area contributed by atoms with E-state index in [2.05, 4.69) is 15.1 Å². The average molecular weight is 467 g/mol. The van der Waals surface area contributed by atoms with Crippen LogP contribution in [0.2, 0.25) is 0 Å². The summed E-state index contributed by atoms with van der Waals surface area (Å²) in [4.78, 5) is 22.5. The molecule has 1 aromatic carbocycles. The zero-order valence-corrected chi connectivity index (χ0v) is 19.5. The van der Waals surface area contributed by atoms with E-state index >= 15 is 0 Å². The molecule has 0 radical (unpaired) electrons. The molecule has 3 heterocycles. The first-order valence-corrected chi connectivity index (χ1v) is 10.6. The number of carbonyl (C=O) groups excluding carboxylic acids is 1. The minimum absolute atomic E-state index is 0.0222. The number of hydrogen-bond donors (Lipinski definition) is 0. The Balaban J connectivity index is 1.75. The molecule has 0 atom stereocenters. The molecule has 0 unspecified atom stereocenters. The number of alkyl halides is 3. The van der Waals surface area contributed by atoms with Crippen LogP contribution in [0.3, 0.4) is 0 Å². The molecule has 0 spiro atoms. The van der Waals surface area contributed by atoms with Gasteiger partial charge in [-0.15, -0.1) is 0 Å². The maximum absolute atomic E-state index is 13.4. The van der Waals surface area contributed by atoms with Crippen molar-refractivity contribution in [2.24, 2.45) is 5.41 Å². The van der Waals surface area contributed by atoms with E-state index in [4.69, 9.17) is 0 Å². The second-order valence-electron chi connectivity index (χ2n) is 9.16. The van der Waals surface area contributed by atoms with Gasteiger partial charge in [-0.2, -0.15) is 18.3 Å². The summed E-state index contributed by atoms with van der Waals surface area (Å²) in [5, 5.41) is 4.35. The summed E-state index contributed by atoms with van der Waals surface area (Å²) in [6.45, 7) is 7.52. The number of halogens is 3. The molecular formula is C25H24F3N5O. The van der Waals surface area contributed by atoms with Crippen molar-refractivity contribution in [1.82, 2.24) is 19.6 Å². The molecule has 1 amide bonds. The summed E-state index contributed by atoms with van der Waals surface area (Å²) in [5.41, 5.74) is 2.03. The predicted molar refractivity (Wildman–Crippen MR) is 124 cm³/mol. The summed E-state index contributed by atoms with van der Waals surface area (Å²) in [6, 6.07) is 11.6. The molecule has 0 bridgehead atoms. The molecule has 4 aromatic rings. The molecule has 34 heavy (non-hydrogen) atoms. The first kappa shape index (κ1) is 23.4. The van der Waals surface area contributed by atoms with Gasteiger partial charge in [0.15, 0.2) is 11.3 Å². The Hall–Kier alpha value is -3.75. The third kappa shape index (κ3) is 4.37. The highest BCUT2D eigenvalue weighted by Gasteiger charge is 2.36. The molecule has 0 fully saturated rings. The largest absolute Gasteiger partial charge is 0.434 e. The van der Waals surface area contributed by atoms with Crippen LogP contribution in [0.4, 0.5) is 18.9 Å². The molecule has 0 aliphatic carbocycles. The number of hydrogen-bond acceptors (Lipinski definition) is 4. The Bertz CT molecular complexity index is 1390. The van der Waals surface area contributed by atoms with Gasteiger partial charge in [-0.05, 0) is 42.8 Å². The third-order valence-electron chi connectivity index (χ3n) is 5.48. The second kappa shape index (κ2) is 8.23. The van der Waals surface area contributed by atoms with Crippen LogP contribution < -0.4 is 4.90 Å². The lowest BCUT2D eigenvalue weighted by atomic mass is 9.94. The van der Waals surface area contributed by atoms with Crippen LogP contribution in [0.1, 0.15) is 32.0 Å². The second-order valence-corrected chi connectivity index (χ2v) is 9.16. The molecule has 0 N–H and O–H groups in total. The summed E-state index contributed by atoms with van der Waals surface area (Å²) >= 11 is 0. The van der Waals surface area contributed by atoms with E-state index in [1.54, 1.807) is 24.2 Å². The summed E-state index contributed by atoms with van der Waals surface area (Å²) < 4.78 is 41.7. The van der Waals surface area contributed by atoms with Crippen LogP contribution in [0.15, 0.2) is 54.9 Å². The van der Waals surface area contributed by atoms with Crippen molar-refractivity contribution in [3.05, 3.63) is 66.1 Å². The molecule has 4 rings (SSSR count). The molecule has 3 aromatic heterocycles. The minimum atomic E-state index is -4.60. The highest BCUT2D eigenvalue weighted by Crippen LogP contribution is 2.35. The van der Waals surface area contributed by atoms with E-state index < -0.39 is 17.3 Å². The molecule has 6 nitrogen and oxygen atoms in total. The van der Waals surface area contributed by atoms with E-state index in [1.807, 2.05) is 45.9 Å². The fraction of sp³-hybridized carbons (Fsp3) is 0.280. The number of nitrogens with zero attached hydrogens (tertiary/aromatic N) is 5. The number of aromatic nitrogens is 4. The highest BCUT2D eigenvalue weighted by molar-refractivity contribution is 5.97. The number of anilines is 1. The fourth-order valence-corrected chi connectivity index (χ4v) is 3.75. The van der Waals surface area contributed by atoms with Crippen molar-refractivity contribution in [1.29, 1.82) is 0 Å². The van der Waals surface area contributed by atoms with Gasteiger partial charge in [0.2, 0.25) is 5.91 Å². The SMILES string of the molecule is Cc1ccc(-c2cn3nc(-c4cccnc4C(F)(F)F)ccc3n2)cc1N(C)C(=O)C(C)(C)C. The number of pyridine rings is 1. The third-order valence-corrected chi connectivity index (χ3v) is 5.48. The molecule has 0 aliphatic heterocycles. The standard InChI is InChI=1S/C25H24F3N5O/c1-15-8-9-16(13-20(15)32(5)23(34)24(2,3)4)19-14-33-21(30-19)11-10-18(31-33)17-7-6-12-29-22(17)25(26,27)28/h6-14H,1-5H3. The first-order chi connectivity index (χ1) is 15.9. The lowest BCUT2D eigenvalue weighted by Crippen LogP contribution is -2.37. The van der Waals surface area contributed by atoms with Gasteiger partial charge < -0.3 is 4.90 Å². The summed E-state index contributed by atoms with van der Waals surface area (Å²) in [6.07, 6.45) is -1.83. The quantitative estimate of drug-likeness (QED) is 0.382. The van der Waals surface area contributed by atoms with Gasteiger partial charge in [-0.3, -0.25) is 9.78 Å². The van der Waals surface area contributed by atoms with Gasteiger partial charge in [-0.25, -0.2) is 9.50 Å². The normalized spacial score (nSPS) is 12.2. The van der Waals surface area contributed by atoms with Crippen LogP contribution in [0.5, 0.6) is 0 Å². The van der Waals surface area contributed by atoms with Crippen molar-refractivity contribution in [3.8, 4) is 22.5 Å². The van der Waals surface area contributed by atoms with Gasteiger partial charge in [0.25, 0.3) is 0 Å². The van der Waals surface area contributed by atoms with Gasteiger partial charge >= 0.3 is 6.18 Å². The Kier molecular flexibility index (Phi) is 5.67. The number of benzene rings is 1. The van der Waals surface area contributed by atoms with E-state index in [0.29, 0.717) is 11.3 Å². The Morgan fingerprint density at radius 1 is 1.03 bits per heavy atom. The topological polar surface area (TPSA) is 63.4 Å². The smallest absolute Gasteiger partial charge is 0.315 e. The number of carbonyl (C=O) groups is 1. The monoisotopic (exact) mass is 467 g/mol. The predicted octanol–water partition coefficient (Wildman–Crippen LogP) is 5.79. The molecule has 176 valence electrons. The molecule has 0 saturated heterocycles. The lowest BCUT2D eigenvalue weighted by molar-refractivity contribution is -0.140. The molecule has 9 heteroatoms. The minimum Gasteiger partial charge on any atom is -0.315 e. The first-order valence-electron chi connectivity index (χ1n) is 10.6. The number of amides is 1. The van der Waals surface area contributed by atoms with Crippen LogP contribution in [0, 0.1) is 12.3 Å². The Labute approximate surface area is 195 Å². The lowest BCUT2D eigenvalue weighted by Gasteiger charge is -2.27. The maximum Gasteiger partial charge on any atom is 0.434 e. The van der Waals surface area contributed by atoms with Crippen molar-refractivity contribution in [2.75, 3.05) is 11.9 Å². The molecular weight excluding hydrogens is 443 g/mol. The van der Waals surface area contributed by atoms with Gasteiger partial charge in [0.05, 0.1) is 17.6 Å². The van der Waals surface area contributed by atoms with Crippen LogP contribution in [0.25, 0.3) is 28.2 Å². The van der Waals surface area contributed by atoms with Crippen molar-refractivity contribution in [3.63, 3.8) is 0 Å². The van der Waals surface area contributed by atoms with E-state index in [-0.39, 0.29) is 17.2 Å². The van der Waals surface area contributed by atoms with E-state index in [1.165, 1.54) is 22.7 Å². The molecule has 0 aliphatic rings. The van der Waals surface area contributed by atoms with Crippen LogP contribution in [-0.4, -0.2) is 32.5 Å². The Morgan fingerprint density at radius 2 is 1.76 bits per heavy atom. The van der Waals surface area contributed by atoms with Crippen molar-refractivity contribution in [2.45, 2.75) is 33.9 Å². The highest BCUT2D eigenvalue weighted by atomic mass is 19.4. The number of rotatable bonds is 3. The van der Waals surface area contributed by atoms with E-state index in [9.17, 15) is 18.0 Å². The Morgan fingerprint density at radius 3 is 2.44 bits per heavy atom. The zero-order chi connectivity index (χ0) is 24.8. The number of aryl methyl sites for hydroxylation is 1.